The Hall–Kier alpha value is -0.710. The van der Waals surface area contributed by atoms with Crippen molar-refractivity contribution in [1.29, 1.82) is 0 Å². The zero-order valence-corrected chi connectivity index (χ0v) is 7.56. The topological polar surface area (TPSA) is 68.3 Å². The highest BCUT2D eigenvalue weighted by atomic mass is 32.2. The summed E-state index contributed by atoms with van der Waals surface area (Å²) in [6, 6.07) is 0. The van der Waals surface area contributed by atoms with E-state index >= 15 is 0 Å². The zero-order valence-electron chi connectivity index (χ0n) is 6.74. The van der Waals surface area contributed by atoms with Crippen molar-refractivity contribution in [2.24, 2.45) is 5.92 Å². The number of carbonyl (C=O) groups is 2. The van der Waals surface area contributed by atoms with Crippen molar-refractivity contribution in [3.8, 4) is 0 Å². The van der Waals surface area contributed by atoms with Crippen LogP contribution in [-0.4, -0.2) is 31.5 Å². The summed E-state index contributed by atoms with van der Waals surface area (Å²) in [6.45, 7) is 1.32. The lowest BCUT2D eigenvalue weighted by atomic mass is 9.98. The van der Waals surface area contributed by atoms with Gasteiger partial charge in [0.25, 0.3) is 0 Å². The van der Waals surface area contributed by atoms with E-state index in [4.69, 9.17) is 0 Å². The van der Waals surface area contributed by atoms with Crippen LogP contribution < -0.4 is 0 Å². The number of ketones is 2. The van der Waals surface area contributed by atoms with Gasteiger partial charge in [-0.2, -0.15) is 0 Å². The van der Waals surface area contributed by atoms with Crippen molar-refractivity contribution < 1.29 is 18.0 Å². The molecule has 0 aromatic heterocycles. The third kappa shape index (κ3) is 1.91. The van der Waals surface area contributed by atoms with Crippen molar-refractivity contribution in [3.05, 3.63) is 0 Å². The number of carbonyl (C=O) groups excluding carboxylic acids is 2. The molecule has 4 nitrogen and oxygen atoms in total. The van der Waals surface area contributed by atoms with Gasteiger partial charge in [0.2, 0.25) is 0 Å². The van der Waals surface area contributed by atoms with Gasteiger partial charge in [0, 0.05) is 0 Å². The van der Waals surface area contributed by atoms with Crippen LogP contribution >= 0.6 is 0 Å². The summed E-state index contributed by atoms with van der Waals surface area (Å²) in [6.07, 6.45) is 0.163. The normalized spacial score (nSPS) is 28.4. The Morgan fingerprint density at radius 1 is 1.50 bits per heavy atom. The van der Waals surface area contributed by atoms with Gasteiger partial charge in [0.1, 0.15) is 11.5 Å². The van der Waals surface area contributed by atoms with Crippen LogP contribution in [-0.2, 0) is 19.4 Å². The molecule has 0 aromatic carbocycles. The fraction of sp³-hybridized carbons (Fsp3) is 0.714. The molecule has 1 atom stereocenters. The molecule has 0 spiro atoms. The van der Waals surface area contributed by atoms with E-state index in [0.717, 1.165) is 0 Å². The van der Waals surface area contributed by atoms with Crippen LogP contribution in [0.1, 0.15) is 13.3 Å². The minimum absolute atomic E-state index is 0.0387. The first kappa shape index (κ1) is 9.38. The Kier molecular flexibility index (Phi) is 2.32. The number of hydrogen-bond acceptors (Lipinski definition) is 4. The summed E-state index contributed by atoms with van der Waals surface area (Å²) >= 11 is 0. The molecule has 1 aliphatic rings. The first-order valence-electron chi connectivity index (χ1n) is 3.66. The molecule has 0 N–H and O–H groups in total. The Morgan fingerprint density at radius 3 is 2.50 bits per heavy atom. The standard InChI is InChI=1S/C7H10O4S/c1-5(8)6-2-3-12(10,11)4-7(6)9/h6H,2-4H2,1H3. The van der Waals surface area contributed by atoms with E-state index in [2.05, 4.69) is 0 Å². The molecule has 1 unspecified atom stereocenters. The van der Waals surface area contributed by atoms with Crippen LogP contribution in [0.5, 0.6) is 0 Å². The Morgan fingerprint density at radius 2 is 2.08 bits per heavy atom. The Bertz CT molecular complexity index is 314. The number of rotatable bonds is 1. The average molecular weight is 190 g/mol. The Balaban J connectivity index is 2.80. The van der Waals surface area contributed by atoms with Gasteiger partial charge < -0.3 is 0 Å². The molecular weight excluding hydrogens is 180 g/mol. The molecule has 1 fully saturated rings. The summed E-state index contributed by atoms with van der Waals surface area (Å²) < 4.78 is 21.8. The Labute approximate surface area is 70.9 Å². The highest BCUT2D eigenvalue weighted by molar-refractivity contribution is 7.92. The van der Waals surface area contributed by atoms with Crippen molar-refractivity contribution in [2.45, 2.75) is 13.3 Å². The second kappa shape index (κ2) is 2.97. The molecular formula is C7H10O4S. The summed E-state index contributed by atoms with van der Waals surface area (Å²) in [5.41, 5.74) is 0. The van der Waals surface area contributed by atoms with E-state index in [1.54, 1.807) is 0 Å². The van der Waals surface area contributed by atoms with Crippen LogP contribution in [0.2, 0.25) is 0 Å². The lowest BCUT2D eigenvalue weighted by Crippen LogP contribution is -2.36. The van der Waals surface area contributed by atoms with Crippen LogP contribution in [0.4, 0.5) is 0 Å². The monoisotopic (exact) mass is 190 g/mol. The van der Waals surface area contributed by atoms with E-state index in [0.29, 0.717) is 0 Å². The minimum Gasteiger partial charge on any atom is -0.299 e. The molecule has 0 aromatic rings. The predicted octanol–water partition coefficient (Wildman–Crippen LogP) is -0.421. The fourth-order valence-corrected chi connectivity index (χ4v) is 2.65. The molecule has 0 radical (unpaired) electrons. The zero-order chi connectivity index (χ0) is 9.35. The van der Waals surface area contributed by atoms with Crippen LogP contribution in [0.25, 0.3) is 0 Å². The summed E-state index contributed by atoms with van der Waals surface area (Å²) in [5, 5.41) is 0. The quantitative estimate of drug-likeness (QED) is 0.526. The lowest BCUT2D eigenvalue weighted by Gasteiger charge is -2.17. The third-order valence-corrected chi connectivity index (χ3v) is 3.54. The van der Waals surface area contributed by atoms with Crippen LogP contribution in [0, 0.1) is 5.92 Å². The van der Waals surface area contributed by atoms with Gasteiger partial charge >= 0.3 is 0 Å². The van der Waals surface area contributed by atoms with E-state index in [-0.39, 0.29) is 18.0 Å². The maximum Gasteiger partial charge on any atom is 0.158 e. The SMILES string of the molecule is CC(=O)C1CCS(=O)(=O)CC1=O. The molecule has 12 heavy (non-hydrogen) atoms. The number of sulfone groups is 1. The summed E-state index contributed by atoms with van der Waals surface area (Å²) in [4.78, 5) is 21.9. The van der Waals surface area contributed by atoms with Crippen LogP contribution in [0.3, 0.4) is 0 Å². The molecule has 1 aliphatic heterocycles. The second-order valence-electron chi connectivity index (χ2n) is 3.01. The van der Waals surface area contributed by atoms with Gasteiger partial charge in [-0.05, 0) is 13.3 Å². The van der Waals surface area contributed by atoms with Crippen LogP contribution in [0.15, 0.2) is 0 Å². The summed E-state index contributed by atoms with van der Waals surface area (Å²) in [5.74, 6) is -1.85. The largest absolute Gasteiger partial charge is 0.299 e. The molecule has 68 valence electrons. The van der Waals surface area contributed by atoms with E-state index in [1.807, 2.05) is 0 Å². The van der Waals surface area contributed by atoms with E-state index in [9.17, 15) is 18.0 Å². The molecule has 1 heterocycles. The van der Waals surface area contributed by atoms with Gasteiger partial charge in [-0.1, -0.05) is 0 Å². The first-order chi connectivity index (χ1) is 5.42. The second-order valence-corrected chi connectivity index (χ2v) is 5.19. The maximum atomic E-state index is 11.1. The van der Waals surface area contributed by atoms with E-state index in [1.165, 1.54) is 6.92 Å². The highest BCUT2D eigenvalue weighted by Gasteiger charge is 2.33. The molecule has 0 amide bonds. The average Bonchev–Trinajstić information content (AvgIpc) is 1.83. The molecule has 0 bridgehead atoms. The smallest absolute Gasteiger partial charge is 0.158 e. The predicted molar refractivity (Wildman–Crippen MR) is 42.4 cm³/mol. The number of hydrogen-bond donors (Lipinski definition) is 0. The van der Waals surface area contributed by atoms with Crippen molar-refractivity contribution >= 4 is 21.4 Å². The highest BCUT2D eigenvalue weighted by Crippen LogP contribution is 2.16. The molecule has 5 heteroatoms. The molecule has 1 rings (SSSR count). The molecule has 0 aliphatic carbocycles. The first-order valence-corrected chi connectivity index (χ1v) is 5.48. The summed E-state index contributed by atoms with van der Waals surface area (Å²) in [7, 11) is -3.20. The van der Waals surface area contributed by atoms with Crippen molar-refractivity contribution in [1.82, 2.24) is 0 Å². The van der Waals surface area contributed by atoms with Gasteiger partial charge in [-0.15, -0.1) is 0 Å². The molecule has 0 saturated carbocycles. The van der Waals surface area contributed by atoms with Gasteiger partial charge in [0.15, 0.2) is 15.6 Å². The number of Topliss-reactive ketones (excluding diaryl/α,β-unsaturated/α-hetero) is 2. The maximum absolute atomic E-state index is 11.1. The van der Waals surface area contributed by atoms with Crippen molar-refractivity contribution in [2.75, 3.05) is 11.5 Å². The minimum atomic E-state index is -3.20. The van der Waals surface area contributed by atoms with Gasteiger partial charge in [-0.25, -0.2) is 8.42 Å². The van der Waals surface area contributed by atoms with Gasteiger partial charge in [0.05, 0.1) is 11.7 Å². The lowest BCUT2D eigenvalue weighted by molar-refractivity contribution is -0.130. The van der Waals surface area contributed by atoms with Gasteiger partial charge in [-0.3, -0.25) is 9.59 Å². The third-order valence-electron chi connectivity index (χ3n) is 1.96. The van der Waals surface area contributed by atoms with Crippen molar-refractivity contribution in [3.63, 3.8) is 0 Å². The van der Waals surface area contributed by atoms with E-state index < -0.39 is 27.3 Å². The fourth-order valence-electron chi connectivity index (χ4n) is 1.28. The molecule has 1 saturated heterocycles.